The van der Waals surface area contributed by atoms with E-state index < -0.39 is 0 Å². The Morgan fingerprint density at radius 2 is 2.12 bits per heavy atom. The molecule has 16 heavy (non-hydrogen) atoms. The summed E-state index contributed by atoms with van der Waals surface area (Å²) in [5, 5.41) is 6.71. The highest BCUT2D eigenvalue weighted by molar-refractivity contribution is 5.89. The second kappa shape index (κ2) is 4.74. The zero-order chi connectivity index (χ0) is 11.7. The molecule has 2 aliphatic rings. The molecule has 0 radical (unpaired) electrons. The van der Waals surface area contributed by atoms with Gasteiger partial charge in [0.1, 0.15) is 0 Å². The van der Waals surface area contributed by atoms with Crippen LogP contribution in [0.1, 0.15) is 39.0 Å². The summed E-state index contributed by atoms with van der Waals surface area (Å²) in [5.74, 6) is 0.705. The first kappa shape index (κ1) is 11.9. The highest BCUT2D eigenvalue weighted by atomic mass is 15.4. The molecule has 2 aliphatic heterocycles. The Kier molecular flexibility index (Phi) is 3.53. The average molecular weight is 223 g/mol. The highest BCUT2D eigenvalue weighted by Gasteiger charge is 2.43. The molecule has 2 saturated heterocycles. The van der Waals surface area contributed by atoms with Gasteiger partial charge < -0.3 is 5.01 Å². The molecular formula is C13H25N3. The third-order valence-corrected chi connectivity index (χ3v) is 4.16. The van der Waals surface area contributed by atoms with E-state index in [1.54, 1.807) is 0 Å². The second-order valence-corrected chi connectivity index (χ2v) is 5.50. The lowest BCUT2D eigenvalue weighted by Gasteiger charge is -2.38. The van der Waals surface area contributed by atoms with Crippen molar-refractivity contribution in [3.63, 3.8) is 0 Å². The van der Waals surface area contributed by atoms with Gasteiger partial charge in [0, 0.05) is 44.2 Å². The van der Waals surface area contributed by atoms with Gasteiger partial charge in [-0.2, -0.15) is 5.10 Å². The summed E-state index contributed by atoms with van der Waals surface area (Å²) in [7, 11) is 6.38. The maximum Gasteiger partial charge on any atom is 0.0442 e. The molecule has 0 saturated carbocycles. The molecule has 0 aromatic heterocycles. The summed E-state index contributed by atoms with van der Waals surface area (Å²) in [6.45, 7) is 2.29. The largest absolute Gasteiger partial charge is 0.303 e. The van der Waals surface area contributed by atoms with E-state index >= 15 is 0 Å². The van der Waals surface area contributed by atoms with Crippen LogP contribution in [0.15, 0.2) is 5.10 Å². The fourth-order valence-electron chi connectivity index (χ4n) is 3.43. The molecule has 2 rings (SSSR count). The van der Waals surface area contributed by atoms with Crippen LogP contribution < -0.4 is 0 Å². The SMILES string of the molecule is CCCC1/C(=N/N(C)C)C[C@H]2CC[C@@H]1N2C. The minimum absolute atomic E-state index is 0.705. The molecule has 1 unspecified atom stereocenters. The normalized spacial score (nSPS) is 37.0. The number of hydrogen-bond donors (Lipinski definition) is 0. The Morgan fingerprint density at radius 1 is 1.38 bits per heavy atom. The van der Waals surface area contributed by atoms with Crippen molar-refractivity contribution in [2.45, 2.75) is 51.1 Å². The van der Waals surface area contributed by atoms with Gasteiger partial charge in [0.05, 0.1) is 0 Å². The van der Waals surface area contributed by atoms with Gasteiger partial charge in [-0.15, -0.1) is 0 Å². The van der Waals surface area contributed by atoms with Gasteiger partial charge in [-0.25, -0.2) is 0 Å². The van der Waals surface area contributed by atoms with Gasteiger partial charge in [0.15, 0.2) is 0 Å². The molecule has 2 fully saturated rings. The van der Waals surface area contributed by atoms with Crippen LogP contribution in [0.2, 0.25) is 0 Å². The summed E-state index contributed by atoms with van der Waals surface area (Å²) in [5.41, 5.74) is 1.46. The molecule has 2 heterocycles. The predicted molar refractivity (Wildman–Crippen MR) is 68.7 cm³/mol. The fourth-order valence-corrected chi connectivity index (χ4v) is 3.43. The topological polar surface area (TPSA) is 18.8 Å². The Hall–Kier alpha value is -0.570. The first-order valence-electron chi connectivity index (χ1n) is 6.60. The second-order valence-electron chi connectivity index (χ2n) is 5.50. The van der Waals surface area contributed by atoms with Gasteiger partial charge in [0.2, 0.25) is 0 Å². The minimum Gasteiger partial charge on any atom is -0.303 e. The highest BCUT2D eigenvalue weighted by Crippen LogP contribution is 2.38. The molecular weight excluding hydrogens is 198 g/mol. The van der Waals surface area contributed by atoms with Crippen LogP contribution in [0.3, 0.4) is 0 Å². The van der Waals surface area contributed by atoms with Crippen molar-refractivity contribution >= 4 is 5.71 Å². The van der Waals surface area contributed by atoms with Crippen LogP contribution in [0.4, 0.5) is 0 Å². The summed E-state index contributed by atoms with van der Waals surface area (Å²) in [4.78, 5) is 2.61. The fraction of sp³-hybridized carbons (Fsp3) is 0.923. The summed E-state index contributed by atoms with van der Waals surface area (Å²) >= 11 is 0. The average Bonchev–Trinajstić information content (AvgIpc) is 2.46. The van der Waals surface area contributed by atoms with E-state index in [4.69, 9.17) is 5.10 Å². The Bertz CT molecular complexity index is 272. The first-order valence-corrected chi connectivity index (χ1v) is 6.60. The Morgan fingerprint density at radius 3 is 2.75 bits per heavy atom. The molecule has 2 bridgehead atoms. The quantitative estimate of drug-likeness (QED) is 0.683. The standard InChI is InChI=1S/C13H25N3/c1-5-6-11-12(14-15(2)3)9-10-7-8-13(11)16(10)4/h10-11,13H,5-9H2,1-4H3/b14-12+/t10-,11?,13+/m1/s1. The number of piperidine rings is 1. The van der Waals surface area contributed by atoms with Gasteiger partial charge in [0.25, 0.3) is 0 Å². The van der Waals surface area contributed by atoms with E-state index in [0.717, 1.165) is 12.1 Å². The van der Waals surface area contributed by atoms with Crippen molar-refractivity contribution in [2.75, 3.05) is 21.1 Å². The van der Waals surface area contributed by atoms with Crippen molar-refractivity contribution < 1.29 is 0 Å². The summed E-state index contributed by atoms with van der Waals surface area (Å²) < 4.78 is 0. The monoisotopic (exact) mass is 223 g/mol. The maximum absolute atomic E-state index is 4.74. The molecule has 3 heteroatoms. The van der Waals surface area contributed by atoms with Crippen LogP contribution in [0, 0.1) is 5.92 Å². The van der Waals surface area contributed by atoms with Gasteiger partial charge >= 0.3 is 0 Å². The predicted octanol–water partition coefficient (Wildman–Crippen LogP) is 2.19. The molecule has 3 nitrogen and oxygen atoms in total. The number of hydrogen-bond acceptors (Lipinski definition) is 3. The smallest absolute Gasteiger partial charge is 0.0442 e. The zero-order valence-electron chi connectivity index (χ0n) is 11.1. The van der Waals surface area contributed by atoms with E-state index in [2.05, 4.69) is 18.9 Å². The molecule has 0 aromatic carbocycles. The lowest BCUT2D eigenvalue weighted by atomic mass is 9.85. The Labute approximate surface area is 99.5 Å². The molecule has 0 spiro atoms. The molecule has 0 amide bonds. The Balaban J connectivity index is 2.19. The van der Waals surface area contributed by atoms with Crippen molar-refractivity contribution in [3.05, 3.63) is 0 Å². The van der Waals surface area contributed by atoms with Crippen molar-refractivity contribution in [3.8, 4) is 0 Å². The third-order valence-electron chi connectivity index (χ3n) is 4.16. The first-order chi connectivity index (χ1) is 7.63. The van der Waals surface area contributed by atoms with Crippen LogP contribution in [-0.4, -0.2) is 48.8 Å². The van der Waals surface area contributed by atoms with E-state index in [9.17, 15) is 0 Å². The molecule has 3 atom stereocenters. The summed E-state index contributed by atoms with van der Waals surface area (Å²) in [6.07, 6.45) is 6.50. The van der Waals surface area contributed by atoms with E-state index in [0.29, 0.717) is 5.92 Å². The van der Waals surface area contributed by atoms with E-state index in [1.165, 1.54) is 37.8 Å². The number of hydrazone groups is 1. The van der Waals surface area contributed by atoms with Gasteiger partial charge in [-0.05, 0) is 26.3 Å². The lowest BCUT2D eigenvalue weighted by Crippen LogP contribution is -2.47. The number of rotatable bonds is 3. The van der Waals surface area contributed by atoms with Crippen LogP contribution >= 0.6 is 0 Å². The number of nitrogens with zero attached hydrogens (tertiary/aromatic N) is 3. The van der Waals surface area contributed by atoms with Crippen LogP contribution in [0.5, 0.6) is 0 Å². The maximum atomic E-state index is 4.74. The van der Waals surface area contributed by atoms with E-state index in [-0.39, 0.29) is 0 Å². The van der Waals surface area contributed by atoms with Gasteiger partial charge in [-0.3, -0.25) is 4.90 Å². The molecule has 0 aromatic rings. The molecule has 92 valence electrons. The van der Waals surface area contributed by atoms with Gasteiger partial charge in [-0.1, -0.05) is 13.3 Å². The van der Waals surface area contributed by atoms with Crippen molar-refractivity contribution in [2.24, 2.45) is 11.0 Å². The number of fused-ring (bicyclic) bond motifs is 2. The minimum atomic E-state index is 0.705. The van der Waals surface area contributed by atoms with Crippen molar-refractivity contribution in [1.82, 2.24) is 9.91 Å². The molecule has 0 N–H and O–H groups in total. The van der Waals surface area contributed by atoms with Crippen molar-refractivity contribution in [1.29, 1.82) is 0 Å². The van der Waals surface area contributed by atoms with Crippen LogP contribution in [-0.2, 0) is 0 Å². The third kappa shape index (κ3) is 2.10. The lowest BCUT2D eigenvalue weighted by molar-refractivity contribution is 0.182. The zero-order valence-corrected chi connectivity index (χ0v) is 11.1. The van der Waals surface area contributed by atoms with E-state index in [1.807, 2.05) is 19.1 Å². The molecule has 0 aliphatic carbocycles. The van der Waals surface area contributed by atoms with Crippen LogP contribution in [0.25, 0.3) is 0 Å². The summed E-state index contributed by atoms with van der Waals surface area (Å²) in [6, 6.07) is 1.52.